The van der Waals surface area contributed by atoms with Crippen molar-refractivity contribution >= 4 is 39.4 Å². The Morgan fingerprint density at radius 2 is 2.04 bits per heavy atom. The minimum absolute atomic E-state index is 0.0670. The summed E-state index contributed by atoms with van der Waals surface area (Å²) in [6.07, 6.45) is -3.21. The standard InChI is InChI=1S/C12H13ClF3NO4S2/c1-22-5-4-10(11(18)19)17-23(20,21)7-2-3-9(13)8(6-7)12(14,15)16/h2-3,6,10,17H,4-5H2,1H3,(H,18,19)/p-1. The van der Waals surface area contributed by atoms with E-state index in [-0.39, 0.29) is 6.42 Å². The lowest BCUT2D eigenvalue weighted by Crippen LogP contribution is -2.48. The van der Waals surface area contributed by atoms with Crippen molar-refractivity contribution in [3.8, 4) is 0 Å². The molecule has 0 aromatic heterocycles. The van der Waals surface area contributed by atoms with Crippen LogP contribution in [0.5, 0.6) is 0 Å². The molecule has 0 spiro atoms. The van der Waals surface area contributed by atoms with Gasteiger partial charge in [-0.05, 0) is 36.6 Å². The van der Waals surface area contributed by atoms with Gasteiger partial charge in [0, 0.05) is 0 Å². The first kappa shape index (κ1) is 20.1. The fraction of sp³-hybridized carbons (Fsp3) is 0.417. The van der Waals surface area contributed by atoms with Crippen LogP contribution in [0.15, 0.2) is 23.1 Å². The molecule has 0 heterocycles. The van der Waals surface area contributed by atoms with E-state index in [1.165, 1.54) is 11.8 Å². The second-order valence-corrected chi connectivity index (χ2v) is 7.52. The van der Waals surface area contributed by atoms with Crippen LogP contribution >= 0.6 is 23.4 Å². The Kier molecular flexibility index (Phi) is 6.75. The largest absolute Gasteiger partial charge is 0.548 e. The van der Waals surface area contributed by atoms with Gasteiger partial charge < -0.3 is 9.90 Å². The Hall–Kier alpha value is -0.970. The number of hydrogen-bond acceptors (Lipinski definition) is 5. The number of carboxylic acid groups (broad SMARTS) is 1. The zero-order valence-electron chi connectivity index (χ0n) is 11.7. The smallest absolute Gasteiger partial charge is 0.417 e. The molecule has 0 aliphatic carbocycles. The van der Waals surface area contributed by atoms with E-state index in [0.29, 0.717) is 11.8 Å². The van der Waals surface area contributed by atoms with Crippen molar-refractivity contribution in [1.82, 2.24) is 4.72 Å². The summed E-state index contributed by atoms with van der Waals surface area (Å²) in [7, 11) is -4.47. The Bertz CT molecular complexity index is 679. The normalized spacial score (nSPS) is 13.8. The molecule has 0 bridgehead atoms. The number of aliphatic carboxylic acids is 1. The lowest BCUT2D eigenvalue weighted by atomic mass is 10.2. The van der Waals surface area contributed by atoms with Crippen LogP contribution in [-0.2, 0) is 21.0 Å². The first-order valence-corrected chi connectivity index (χ1v) is 9.33. The van der Waals surface area contributed by atoms with Crippen LogP contribution in [0.3, 0.4) is 0 Å². The summed E-state index contributed by atoms with van der Waals surface area (Å²) in [5, 5.41) is 10.3. The highest BCUT2D eigenvalue weighted by molar-refractivity contribution is 7.98. The van der Waals surface area contributed by atoms with E-state index in [0.717, 1.165) is 12.1 Å². The SMILES string of the molecule is CSCCC(NS(=O)(=O)c1ccc(Cl)c(C(F)(F)F)c1)C(=O)[O-]. The van der Waals surface area contributed by atoms with Gasteiger partial charge in [-0.1, -0.05) is 11.6 Å². The number of sulfonamides is 1. The van der Waals surface area contributed by atoms with Gasteiger partial charge in [0.2, 0.25) is 10.0 Å². The van der Waals surface area contributed by atoms with Crippen molar-refractivity contribution in [2.24, 2.45) is 0 Å². The number of nitrogens with one attached hydrogen (secondary N) is 1. The second-order valence-electron chi connectivity index (χ2n) is 4.41. The first-order valence-electron chi connectivity index (χ1n) is 6.08. The van der Waals surface area contributed by atoms with Crippen molar-refractivity contribution in [3.05, 3.63) is 28.8 Å². The third kappa shape index (κ3) is 5.55. The maximum Gasteiger partial charge on any atom is 0.417 e. The van der Waals surface area contributed by atoms with Crippen LogP contribution in [0.1, 0.15) is 12.0 Å². The molecule has 0 radical (unpaired) electrons. The summed E-state index contributed by atoms with van der Waals surface area (Å²) in [5.41, 5.74) is -1.32. The Morgan fingerprint density at radius 1 is 1.43 bits per heavy atom. The maximum atomic E-state index is 12.8. The molecule has 0 aliphatic heterocycles. The van der Waals surface area contributed by atoms with Crippen molar-refractivity contribution in [3.63, 3.8) is 0 Å². The highest BCUT2D eigenvalue weighted by Gasteiger charge is 2.34. The Balaban J connectivity index is 3.15. The predicted molar refractivity (Wildman–Crippen MR) is 78.6 cm³/mol. The van der Waals surface area contributed by atoms with Gasteiger partial charge in [0.1, 0.15) is 0 Å². The van der Waals surface area contributed by atoms with Gasteiger partial charge in [0.25, 0.3) is 0 Å². The lowest BCUT2D eigenvalue weighted by Gasteiger charge is -2.20. The van der Waals surface area contributed by atoms with Gasteiger partial charge in [-0.3, -0.25) is 0 Å². The number of benzene rings is 1. The van der Waals surface area contributed by atoms with Crippen LogP contribution in [-0.4, -0.2) is 32.4 Å². The van der Waals surface area contributed by atoms with Gasteiger partial charge in [0.15, 0.2) is 0 Å². The predicted octanol–water partition coefficient (Wildman–Crippen LogP) is 1.51. The Labute approximate surface area is 140 Å². The molecular weight excluding hydrogens is 379 g/mol. The third-order valence-electron chi connectivity index (χ3n) is 2.75. The van der Waals surface area contributed by atoms with Crippen LogP contribution in [0.4, 0.5) is 13.2 Å². The molecule has 0 aliphatic rings. The number of carboxylic acids is 1. The number of alkyl halides is 3. The second kappa shape index (κ2) is 7.73. The molecule has 0 amide bonds. The van der Waals surface area contributed by atoms with Crippen LogP contribution in [0, 0.1) is 0 Å². The molecule has 11 heteroatoms. The monoisotopic (exact) mass is 390 g/mol. The van der Waals surface area contributed by atoms with Crippen molar-refractivity contribution in [2.45, 2.75) is 23.5 Å². The van der Waals surface area contributed by atoms with E-state index in [4.69, 9.17) is 11.6 Å². The number of halogens is 4. The minimum atomic E-state index is -4.84. The topological polar surface area (TPSA) is 86.3 Å². The van der Waals surface area contributed by atoms with E-state index in [2.05, 4.69) is 0 Å². The zero-order valence-corrected chi connectivity index (χ0v) is 14.1. The summed E-state index contributed by atoms with van der Waals surface area (Å²) in [6, 6.07) is 0.457. The van der Waals surface area contributed by atoms with Crippen molar-refractivity contribution in [2.75, 3.05) is 12.0 Å². The Morgan fingerprint density at radius 3 is 2.52 bits per heavy atom. The number of carbonyl (C=O) groups excluding carboxylic acids is 1. The third-order valence-corrected chi connectivity index (χ3v) is 5.19. The summed E-state index contributed by atoms with van der Waals surface area (Å²) < 4.78 is 64.3. The highest BCUT2D eigenvalue weighted by atomic mass is 35.5. The molecule has 130 valence electrons. The average Bonchev–Trinajstić information content (AvgIpc) is 2.42. The fourth-order valence-corrected chi connectivity index (χ4v) is 3.55. The van der Waals surface area contributed by atoms with Crippen LogP contribution < -0.4 is 9.83 Å². The molecule has 0 saturated carbocycles. The summed E-state index contributed by atoms with van der Waals surface area (Å²) in [5.74, 6) is -1.33. The summed E-state index contributed by atoms with van der Waals surface area (Å²) in [4.78, 5) is 10.2. The molecule has 1 rings (SSSR count). The van der Waals surface area contributed by atoms with E-state index < -0.39 is 43.7 Å². The molecule has 1 aromatic carbocycles. The van der Waals surface area contributed by atoms with Crippen LogP contribution in [0.2, 0.25) is 5.02 Å². The number of carbonyl (C=O) groups is 1. The van der Waals surface area contributed by atoms with Gasteiger partial charge in [-0.25, -0.2) is 13.1 Å². The molecule has 1 atom stereocenters. The van der Waals surface area contributed by atoms with Crippen molar-refractivity contribution < 1.29 is 31.5 Å². The summed E-state index contributed by atoms with van der Waals surface area (Å²) >= 11 is 6.70. The van der Waals surface area contributed by atoms with Crippen molar-refractivity contribution in [1.29, 1.82) is 0 Å². The number of thioether (sulfide) groups is 1. The zero-order chi connectivity index (χ0) is 17.8. The summed E-state index contributed by atoms with van der Waals surface area (Å²) in [6.45, 7) is 0. The fourth-order valence-electron chi connectivity index (χ4n) is 1.60. The van der Waals surface area contributed by atoms with Crippen LogP contribution in [0.25, 0.3) is 0 Å². The van der Waals surface area contributed by atoms with Gasteiger partial charge >= 0.3 is 6.18 Å². The highest BCUT2D eigenvalue weighted by Crippen LogP contribution is 2.35. The number of hydrogen-bond donors (Lipinski definition) is 1. The molecule has 0 saturated heterocycles. The van der Waals surface area contributed by atoms with E-state index in [9.17, 15) is 31.5 Å². The van der Waals surface area contributed by atoms with Gasteiger partial charge in [0.05, 0.1) is 27.5 Å². The van der Waals surface area contributed by atoms with E-state index >= 15 is 0 Å². The van der Waals surface area contributed by atoms with Gasteiger partial charge in [-0.15, -0.1) is 0 Å². The maximum absolute atomic E-state index is 12.8. The quantitative estimate of drug-likeness (QED) is 0.762. The molecule has 5 nitrogen and oxygen atoms in total. The average molecular weight is 391 g/mol. The molecular formula is C12H12ClF3NO4S2-. The molecule has 1 N–H and O–H groups in total. The molecule has 1 unspecified atom stereocenters. The number of rotatable bonds is 7. The molecule has 0 fully saturated rings. The van der Waals surface area contributed by atoms with Gasteiger partial charge in [-0.2, -0.15) is 24.9 Å². The lowest BCUT2D eigenvalue weighted by molar-refractivity contribution is -0.308. The molecule has 1 aromatic rings. The molecule has 23 heavy (non-hydrogen) atoms. The van der Waals surface area contributed by atoms with E-state index in [1.807, 2.05) is 4.72 Å². The minimum Gasteiger partial charge on any atom is -0.548 e. The first-order chi connectivity index (χ1) is 10.5. The van der Waals surface area contributed by atoms with E-state index in [1.54, 1.807) is 6.26 Å².